The molecule has 2 aliphatic rings. The SMILES string of the molecule is CC1(OCC(=O)O)CN(C(=O)CCC2CCCO2)C1. The minimum absolute atomic E-state index is 0.104. The molecule has 1 N–H and O–H groups in total. The first-order valence-electron chi connectivity index (χ1n) is 6.74. The molecule has 108 valence electrons. The molecule has 1 atom stereocenters. The number of ether oxygens (including phenoxy) is 2. The fraction of sp³-hybridized carbons (Fsp3) is 0.846. The molecule has 6 nitrogen and oxygen atoms in total. The summed E-state index contributed by atoms with van der Waals surface area (Å²) in [6.45, 7) is 3.28. The van der Waals surface area contributed by atoms with Crippen LogP contribution in [0.4, 0.5) is 0 Å². The Hall–Kier alpha value is -1.14. The van der Waals surface area contributed by atoms with Crippen LogP contribution in [-0.2, 0) is 19.1 Å². The normalized spacial score (nSPS) is 25.1. The van der Waals surface area contributed by atoms with Gasteiger partial charge in [0.25, 0.3) is 0 Å². The van der Waals surface area contributed by atoms with Crippen molar-refractivity contribution < 1.29 is 24.2 Å². The minimum Gasteiger partial charge on any atom is -0.480 e. The highest BCUT2D eigenvalue weighted by molar-refractivity contribution is 5.77. The van der Waals surface area contributed by atoms with Gasteiger partial charge in [-0.15, -0.1) is 0 Å². The van der Waals surface area contributed by atoms with E-state index in [4.69, 9.17) is 14.6 Å². The van der Waals surface area contributed by atoms with Gasteiger partial charge in [-0.1, -0.05) is 0 Å². The van der Waals surface area contributed by atoms with Gasteiger partial charge in [0.05, 0.1) is 19.2 Å². The van der Waals surface area contributed by atoms with Crippen molar-refractivity contribution in [2.24, 2.45) is 0 Å². The number of carbonyl (C=O) groups is 2. The summed E-state index contributed by atoms with van der Waals surface area (Å²) in [5.41, 5.74) is -0.502. The molecule has 2 fully saturated rings. The second-order valence-corrected chi connectivity index (χ2v) is 5.56. The summed E-state index contributed by atoms with van der Waals surface area (Å²) < 4.78 is 10.7. The van der Waals surface area contributed by atoms with Crippen molar-refractivity contribution in [1.29, 1.82) is 0 Å². The van der Waals surface area contributed by atoms with Gasteiger partial charge in [0.15, 0.2) is 0 Å². The van der Waals surface area contributed by atoms with Gasteiger partial charge in [-0.2, -0.15) is 0 Å². The van der Waals surface area contributed by atoms with Crippen LogP contribution in [0.25, 0.3) is 0 Å². The maximum Gasteiger partial charge on any atom is 0.329 e. The Bertz CT molecular complexity index is 345. The van der Waals surface area contributed by atoms with Gasteiger partial charge in [0.2, 0.25) is 5.91 Å². The predicted molar refractivity (Wildman–Crippen MR) is 66.8 cm³/mol. The molecule has 2 saturated heterocycles. The van der Waals surface area contributed by atoms with Crippen molar-refractivity contribution in [2.45, 2.75) is 44.3 Å². The highest BCUT2D eigenvalue weighted by Crippen LogP contribution is 2.26. The van der Waals surface area contributed by atoms with Crippen LogP contribution in [0, 0.1) is 0 Å². The number of likely N-dealkylation sites (tertiary alicyclic amines) is 1. The first-order valence-corrected chi connectivity index (χ1v) is 6.74. The van der Waals surface area contributed by atoms with E-state index >= 15 is 0 Å². The second-order valence-electron chi connectivity index (χ2n) is 5.56. The molecule has 2 aliphatic heterocycles. The second kappa shape index (κ2) is 5.88. The lowest BCUT2D eigenvalue weighted by Gasteiger charge is -2.47. The Labute approximate surface area is 112 Å². The molecule has 2 heterocycles. The molecule has 6 heteroatoms. The van der Waals surface area contributed by atoms with Crippen molar-refractivity contribution in [3.63, 3.8) is 0 Å². The lowest BCUT2D eigenvalue weighted by atomic mass is 9.95. The Kier molecular flexibility index (Phi) is 4.42. The molecule has 0 radical (unpaired) electrons. The van der Waals surface area contributed by atoms with Crippen LogP contribution < -0.4 is 0 Å². The van der Waals surface area contributed by atoms with Crippen LogP contribution in [0.2, 0.25) is 0 Å². The summed E-state index contributed by atoms with van der Waals surface area (Å²) in [6.07, 6.45) is 3.65. The van der Waals surface area contributed by atoms with Gasteiger partial charge in [-0.25, -0.2) is 4.79 Å². The molecular formula is C13H21NO5. The van der Waals surface area contributed by atoms with Gasteiger partial charge >= 0.3 is 5.97 Å². The van der Waals surface area contributed by atoms with E-state index in [0.717, 1.165) is 25.9 Å². The van der Waals surface area contributed by atoms with Gasteiger partial charge in [-0.05, 0) is 26.2 Å². The molecule has 0 aliphatic carbocycles. The number of hydrogen-bond donors (Lipinski definition) is 1. The van der Waals surface area contributed by atoms with E-state index in [0.29, 0.717) is 19.5 Å². The quantitative estimate of drug-likeness (QED) is 0.767. The Balaban J connectivity index is 1.64. The largest absolute Gasteiger partial charge is 0.480 e. The molecule has 2 rings (SSSR count). The number of carboxylic acids is 1. The summed E-state index contributed by atoms with van der Waals surface area (Å²) in [5.74, 6) is -0.878. The fourth-order valence-electron chi connectivity index (χ4n) is 2.58. The Morgan fingerprint density at radius 3 is 2.79 bits per heavy atom. The topological polar surface area (TPSA) is 76.1 Å². The Morgan fingerprint density at radius 2 is 2.21 bits per heavy atom. The molecule has 1 amide bonds. The number of nitrogens with zero attached hydrogens (tertiary/aromatic N) is 1. The van der Waals surface area contributed by atoms with E-state index < -0.39 is 11.6 Å². The van der Waals surface area contributed by atoms with Crippen LogP contribution in [0.3, 0.4) is 0 Å². The minimum atomic E-state index is -0.982. The number of hydrogen-bond acceptors (Lipinski definition) is 4. The van der Waals surface area contributed by atoms with Crippen molar-refractivity contribution in [3.05, 3.63) is 0 Å². The van der Waals surface area contributed by atoms with E-state index in [9.17, 15) is 9.59 Å². The molecule has 0 aromatic heterocycles. The predicted octanol–water partition coefficient (Wildman–Crippen LogP) is 0.648. The first-order chi connectivity index (χ1) is 8.98. The van der Waals surface area contributed by atoms with Gasteiger partial charge in [-0.3, -0.25) is 4.79 Å². The van der Waals surface area contributed by atoms with Crippen LogP contribution in [0.1, 0.15) is 32.6 Å². The summed E-state index contributed by atoms with van der Waals surface area (Å²) in [6, 6.07) is 0. The average molecular weight is 271 g/mol. The number of aliphatic carboxylic acids is 1. The van der Waals surface area contributed by atoms with Crippen molar-refractivity contribution in [2.75, 3.05) is 26.3 Å². The van der Waals surface area contributed by atoms with Crippen molar-refractivity contribution >= 4 is 11.9 Å². The zero-order valence-corrected chi connectivity index (χ0v) is 11.3. The maximum atomic E-state index is 11.9. The zero-order valence-electron chi connectivity index (χ0n) is 11.3. The number of carboxylic acid groups (broad SMARTS) is 1. The van der Waals surface area contributed by atoms with Crippen LogP contribution >= 0.6 is 0 Å². The monoisotopic (exact) mass is 271 g/mol. The van der Waals surface area contributed by atoms with E-state index in [2.05, 4.69) is 0 Å². The first kappa shape index (κ1) is 14.3. The fourth-order valence-corrected chi connectivity index (χ4v) is 2.58. The molecule has 0 bridgehead atoms. The zero-order chi connectivity index (χ0) is 13.9. The van der Waals surface area contributed by atoms with Gasteiger partial charge in [0.1, 0.15) is 12.2 Å². The third-order valence-corrected chi connectivity index (χ3v) is 3.65. The molecule has 0 aromatic rings. The van der Waals surface area contributed by atoms with E-state index in [1.165, 1.54) is 0 Å². The summed E-state index contributed by atoms with van der Waals surface area (Å²) in [4.78, 5) is 24.1. The summed E-state index contributed by atoms with van der Waals surface area (Å²) in [7, 11) is 0. The van der Waals surface area contributed by atoms with E-state index in [-0.39, 0.29) is 18.6 Å². The standard InChI is InChI=1S/C13H21NO5/c1-13(19-7-12(16)17)8-14(9-13)11(15)5-4-10-3-2-6-18-10/h10H,2-9H2,1H3,(H,16,17). The highest BCUT2D eigenvalue weighted by atomic mass is 16.5. The number of rotatable bonds is 6. The molecule has 0 aromatic carbocycles. The molecule has 0 saturated carbocycles. The third-order valence-electron chi connectivity index (χ3n) is 3.65. The van der Waals surface area contributed by atoms with Crippen LogP contribution in [-0.4, -0.2) is 59.9 Å². The lowest BCUT2D eigenvalue weighted by molar-refractivity contribution is -0.173. The highest BCUT2D eigenvalue weighted by Gasteiger charge is 2.42. The number of amides is 1. The van der Waals surface area contributed by atoms with Gasteiger partial charge in [0, 0.05) is 13.0 Å². The van der Waals surface area contributed by atoms with Crippen LogP contribution in [0.5, 0.6) is 0 Å². The van der Waals surface area contributed by atoms with E-state index in [1.807, 2.05) is 6.92 Å². The smallest absolute Gasteiger partial charge is 0.329 e. The lowest BCUT2D eigenvalue weighted by Crippen LogP contribution is -2.63. The third kappa shape index (κ3) is 3.91. The molecule has 1 unspecified atom stereocenters. The number of carbonyl (C=O) groups excluding carboxylic acids is 1. The average Bonchev–Trinajstić information content (AvgIpc) is 2.83. The molecule has 19 heavy (non-hydrogen) atoms. The molecule has 0 spiro atoms. The molecular weight excluding hydrogens is 250 g/mol. The van der Waals surface area contributed by atoms with E-state index in [1.54, 1.807) is 4.90 Å². The summed E-state index contributed by atoms with van der Waals surface area (Å²) >= 11 is 0. The Morgan fingerprint density at radius 1 is 1.47 bits per heavy atom. The van der Waals surface area contributed by atoms with Gasteiger partial charge < -0.3 is 19.5 Å². The van der Waals surface area contributed by atoms with Crippen molar-refractivity contribution in [1.82, 2.24) is 4.90 Å². The summed E-state index contributed by atoms with van der Waals surface area (Å²) in [5, 5.41) is 8.56. The maximum absolute atomic E-state index is 11.9. The van der Waals surface area contributed by atoms with Crippen molar-refractivity contribution in [3.8, 4) is 0 Å². The van der Waals surface area contributed by atoms with Crippen LogP contribution in [0.15, 0.2) is 0 Å².